The Morgan fingerprint density at radius 3 is 2.77 bits per heavy atom. The Hall–Kier alpha value is -2.65. The Labute approximate surface area is 153 Å². The fraction of sp³-hybridized carbons (Fsp3) is 0.400. The quantitative estimate of drug-likeness (QED) is 0.863. The monoisotopic (exact) mass is 354 g/mol. The molecule has 0 atom stereocenters. The Kier molecular flexibility index (Phi) is 6.03. The number of nitriles is 1. The first-order valence-electron chi connectivity index (χ1n) is 8.96. The highest BCUT2D eigenvalue weighted by Crippen LogP contribution is 2.25. The number of hydrogen-bond acceptors (Lipinski definition) is 5. The molecule has 1 aromatic heterocycles. The summed E-state index contributed by atoms with van der Waals surface area (Å²) in [4.78, 5) is 6.72. The predicted octanol–water partition coefficient (Wildman–Crippen LogP) is 3.25. The highest BCUT2D eigenvalue weighted by atomic mass is 19.1. The van der Waals surface area contributed by atoms with Crippen molar-refractivity contribution in [3.63, 3.8) is 0 Å². The second kappa shape index (κ2) is 8.63. The zero-order chi connectivity index (χ0) is 18.4. The third-order valence-electron chi connectivity index (χ3n) is 4.57. The topological polar surface area (TPSA) is 61.2 Å². The lowest BCUT2D eigenvalue weighted by molar-refractivity contribution is 0.321. The summed E-state index contributed by atoms with van der Waals surface area (Å²) in [7, 11) is 0. The van der Waals surface area contributed by atoms with Gasteiger partial charge in [-0.15, -0.1) is 0 Å². The first-order valence-corrected chi connectivity index (χ1v) is 8.96. The van der Waals surface area contributed by atoms with Crippen molar-refractivity contribution in [3.8, 4) is 11.8 Å². The number of rotatable bonds is 6. The molecule has 0 spiro atoms. The highest BCUT2D eigenvalue weighted by molar-refractivity contribution is 5.44. The van der Waals surface area contributed by atoms with Crippen LogP contribution in [-0.4, -0.2) is 30.7 Å². The molecule has 0 aliphatic carbocycles. The maximum absolute atomic E-state index is 13.9. The molecule has 0 unspecified atom stereocenters. The lowest BCUT2D eigenvalue weighted by atomic mass is 10.0. The molecule has 6 heteroatoms. The van der Waals surface area contributed by atoms with Crippen LogP contribution in [0.25, 0.3) is 0 Å². The van der Waals surface area contributed by atoms with E-state index in [-0.39, 0.29) is 11.6 Å². The van der Waals surface area contributed by atoms with Crippen molar-refractivity contribution in [2.75, 3.05) is 24.6 Å². The number of ether oxygens (including phenoxy) is 1. The highest BCUT2D eigenvalue weighted by Gasteiger charge is 2.23. The summed E-state index contributed by atoms with van der Waals surface area (Å²) >= 11 is 0. The number of pyridine rings is 1. The molecule has 5 nitrogen and oxygen atoms in total. The predicted molar refractivity (Wildman–Crippen MR) is 98.6 cm³/mol. The molecule has 2 aromatic rings. The van der Waals surface area contributed by atoms with Crippen LogP contribution in [-0.2, 0) is 6.54 Å². The van der Waals surface area contributed by atoms with Crippen LogP contribution < -0.4 is 15.0 Å². The summed E-state index contributed by atoms with van der Waals surface area (Å²) < 4.78 is 19.3. The molecule has 1 fully saturated rings. The molecule has 0 bridgehead atoms. The van der Waals surface area contributed by atoms with E-state index < -0.39 is 0 Å². The second-order valence-corrected chi connectivity index (χ2v) is 6.32. The minimum atomic E-state index is -0.347. The van der Waals surface area contributed by atoms with Gasteiger partial charge in [0.05, 0.1) is 12.2 Å². The van der Waals surface area contributed by atoms with Gasteiger partial charge in [-0.05, 0) is 62.7 Å². The number of benzene rings is 1. The Bertz CT molecular complexity index is 766. The van der Waals surface area contributed by atoms with E-state index in [4.69, 9.17) is 10.00 Å². The molecular weight excluding hydrogens is 331 g/mol. The summed E-state index contributed by atoms with van der Waals surface area (Å²) in [5.74, 6) is 0.766. The van der Waals surface area contributed by atoms with Gasteiger partial charge < -0.3 is 15.0 Å². The van der Waals surface area contributed by atoms with Gasteiger partial charge in [0, 0.05) is 18.8 Å². The average molecular weight is 354 g/mol. The smallest absolute Gasteiger partial charge is 0.165 e. The van der Waals surface area contributed by atoms with Crippen molar-refractivity contribution in [1.82, 2.24) is 10.3 Å². The van der Waals surface area contributed by atoms with Gasteiger partial charge in [0.25, 0.3) is 0 Å². The van der Waals surface area contributed by atoms with Gasteiger partial charge >= 0.3 is 0 Å². The molecular formula is C20H23FN4O. The van der Waals surface area contributed by atoms with Gasteiger partial charge in [0.1, 0.15) is 11.9 Å². The van der Waals surface area contributed by atoms with E-state index in [1.54, 1.807) is 24.4 Å². The van der Waals surface area contributed by atoms with E-state index in [1.165, 1.54) is 6.07 Å². The first-order chi connectivity index (χ1) is 12.7. The fourth-order valence-corrected chi connectivity index (χ4v) is 3.25. The molecule has 0 radical (unpaired) electrons. The molecule has 0 amide bonds. The standard InChI is InChI=1S/C20H23FN4O/c1-2-26-19-11-15(3-5-18(19)21)14-25(17-7-9-23-10-8-17)20-6-4-16(12-22)13-24-20/h3-6,11,13,17,23H,2,7-10,14H2,1H3. The summed E-state index contributed by atoms with van der Waals surface area (Å²) in [6, 6.07) is 11.1. The maximum Gasteiger partial charge on any atom is 0.165 e. The van der Waals surface area contributed by atoms with Crippen LogP contribution in [0.5, 0.6) is 5.75 Å². The lowest BCUT2D eigenvalue weighted by Crippen LogP contribution is -2.43. The number of nitrogens with one attached hydrogen (secondary N) is 1. The molecule has 26 heavy (non-hydrogen) atoms. The van der Waals surface area contributed by atoms with Crippen LogP contribution in [0, 0.1) is 17.1 Å². The van der Waals surface area contributed by atoms with Gasteiger partial charge in [-0.2, -0.15) is 5.26 Å². The van der Waals surface area contributed by atoms with E-state index in [2.05, 4.69) is 21.3 Å². The molecule has 1 N–H and O–H groups in total. The zero-order valence-electron chi connectivity index (χ0n) is 14.9. The minimum absolute atomic E-state index is 0.281. The van der Waals surface area contributed by atoms with Crippen molar-refractivity contribution in [2.24, 2.45) is 0 Å². The molecule has 1 saturated heterocycles. The van der Waals surface area contributed by atoms with Crippen LogP contribution in [0.1, 0.15) is 30.9 Å². The number of nitrogens with zero attached hydrogens (tertiary/aromatic N) is 3. The van der Waals surface area contributed by atoms with Gasteiger partial charge in [-0.25, -0.2) is 9.37 Å². The van der Waals surface area contributed by atoms with Crippen LogP contribution in [0.2, 0.25) is 0 Å². The number of hydrogen-bond donors (Lipinski definition) is 1. The second-order valence-electron chi connectivity index (χ2n) is 6.32. The molecule has 2 heterocycles. The summed E-state index contributed by atoms with van der Waals surface area (Å²) in [5.41, 5.74) is 1.51. The summed E-state index contributed by atoms with van der Waals surface area (Å²) in [5, 5.41) is 12.4. The third kappa shape index (κ3) is 4.30. The normalized spacial score (nSPS) is 14.7. The van der Waals surface area contributed by atoms with Gasteiger partial charge in [0.2, 0.25) is 0 Å². The van der Waals surface area contributed by atoms with E-state index in [9.17, 15) is 4.39 Å². The van der Waals surface area contributed by atoms with E-state index in [1.807, 2.05) is 13.0 Å². The van der Waals surface area contributed by atoms with Crippen molar-refractivity contribution in [3.05, 3.63) is 53.5 Å². The Morgan fingerprint density at radius 2 is 2.12 bits per heavy atom. The summed E-state index contributed by atoms with van der Waals surface area (Å²) in [6.45, 7) is 4.81. The largest absolute Gasteiger partial charge is 0.491 e. The molecule has 136 valence electrons. The number of aromatic nitrogens is 1. The average Bonchev–Trinajstić information content (AvgIpc) is 2.69. The van der Waals surface area contributed by atoms with Crippen molar-refractivity contribution in [2.45, 2.75) is 32.4 Å². The number of halogens is 1. The van der Waals surface area contributed by atoms with Crippen molar-refractivity contribution in [1.29, 1.82) is 5.26 Å². The van der Waals surface area contributed by atoms with Gasteiger partial charge in [-0.1, -0.05) is 6.07 Å². The SMILES string of the molecule is CCOc1cc(CN(c2ccc(C#N)cn2)C2CCNCC2)ccc1F. The minimum Gasteiger partial charge on any atom is -0.491 e. The molecule has 3 rings (SSSR count). The maximum atomic E-state index is 13.9. The number of piperidine rings is 1. The van der Waals surface area contributed by atoms with E-state index in [0.29, 0.717) is 24.8 Å². The molecule has 1 aliphatic heterocycles. The fourth-order valence-electron chi connectivity index (χ4n) is 3.25. The third-order valence-corrected chi connectivity index (χ3v) is 4.57. The Balaban J connectivity index is 1.87. The van der Waals surface area contributed by atoms with Crippen LogP contribution in [0.4, 0.5) is 10.2 Å². The van der Waals surface area contributed by atoms with Crippen LogP contribution in [0.3, 0.4) is 0 Å². The lowest BCUT2D eigenvalue weighted by Gasteiger charge is -2.35. The van der Waals surface area contributed by atoms with E-state index in [0.717, 1.165) is 37.3 Å². The van der Waals surface area contributed by atoms with Crippen molar-refractivity contribution >= 4 is 5.82 Å². The van der Waals surface area contributed by atoms with Gasteiger partial charge in [-0.3, -0.25) is 0 Å². The Morgan fingerprint density at radius 1 is 1.31 bits per heavy atom. The first kappa shape index (κ1) is 18.2. The van der Waals surface area contributed by atoms with Crippen molar-refractivity contribution < 1.29 is 9.13 Å². The summed E-state index contributed by atoms with van der Waals surface area (Å²) in [6.07, 6.45) is 3.63. The molecule has 1 aromatic carbocycles. The van der Waals surface area contributed by atoms with Gasteiger partial charge in [0.15, 0.2) is 11.6 Å². The molecule has 1 aliphatic rings. The molecule has 0 saturated carbocycles. The van der Waals surface area contributed by atoms with Crippen LogP contribution in [0.15, 0.2) is 36.5 Å². The number of anilines is 1. The zero-order valence-corrected chi connectivity index (χ0v) is 14.9. The van der Waals surface area contributed by atoms with E-state index >= 15 is 0 Å². The van der Waals surface area contributed by atoms with Crippen LogP contribution >= 0.6 is 0 Å².